The molecule has 0 aromatic heterocycles. The fraction of sp³-hybridized carbons (Fsp3) is 0.231. The maximum atomic E-state index is 13.1. The molecule has 0 spiro atoms. The summed E-state index contributed by atoms with van der Waals surface area (Å²) >= 11 is 3.44. The summed E-state index contributed by atoms with van der Waals surface area (Å²) < 4.78 is 0.818. The molecule has 6 heteroatoms. The molecule has 5 nitrogen and oxygen atoms in total. The van der Waals surface area contributed by atoms with Gasteiger partial charge in [0.2, 0.25) is 5.91 Å². The van der Waals surface area contributed by atoms with Crippen LogP contribution in [0.3, 0.4) is 0 Å². The van der Waals surface area contributed by atoms with Gasteiger partial charge in [0.1, 0.15) is 0 Å². The monoisotopic (exact) mass is 498 g/mol. The quantitative estimate of drug-likeness (QED) is 0.323. The molecule has 0 bridgehead atoms. The van der Waals surface area contributed by atoms with E-state index >= 15 is 0 Å². The molecule has 1 aliphatic heterocycles. The van der Waals surface area contributed by atoms with Crippen molar-refractivity contribution in [3.63, 3.8) is 0 Å². The highest BCUT2D eigenvalue weighted by molar-refractivity contribution is 9.11. The van der Waals surface area contributed by atoms with Gasteiger partial charge in [-0.05, 0) is 44.9 Å². The van der Waals surface area contributed by atoms with E-state index in [2.05, 4.69) is 46.3 Å². The zero-order chi connectivity index (χ0) is 24.3. The van der Waals surface area contributed by atoms with Crippen LogP contribution in [0.1, 0.15) is 27.2 Å². The highest BCUT2D eigenvalue weighted by atomic mass is 79.9. The smallest absolute Gasteiger partial charge is 0.333 e. The van der Waals surface area contributed by atoms with Crippen molar-refractivity contribution in [2.45, 2.75) is 27.2 Å². The Bertz CT molecular complexity index is 975. The molecular weight excluding hydrogens is 468 g/mol. The first-order chi connectivity index (χ1) is 15.2. The van der Waals surface area contributed by atoms with Gasteiger partial charge in [-0.2, -0.15) is 0 Å². The molecule has 0 aromatic carbocycles. The molecular formula is C26H31BrN2O3. The number of carbonyl (C=O) groups is 2. The van der Waals surface area contributed by atoms with E-state index in [1.54, 1.807) is 50.3 Å². The number of dihydropyridines is 1. The van der Waals surface area contributed by atoms with Crippen LogP contribution in [-0.4, -0.2) is 23.5 Å². The topological polar surface area (TPSA) is 78.4 Å². The Morgan fingerprint density at radius 3 is 2.31 bits per heavy atom. The molecule has 170 valence electrons. The van der Waals surface area contributed by atoms with E-state index < -0.39 is 11.9 Å². The van der Waals surface area contributed by atoms with Crippen LogP contribution in [0.2, 0.25) is 0 Å². The normalized spacial score (nSPS) is 17.9. The minimum atomic E-state index is -1.05. The molecule has 1 heterocycles. The lowest BCUT2D eigenvalue weighted by molar-refractivity contribution is -0.133. The lowest BCUT2D eigenvalue weighted by Gasteiger charge is -2.30. The lowest BCUT2D eigenvalue weighted by atomic mass is 9.81. The third kappa shape index (κ3) is 7.85. The Labute approximate surface area is 199 Å². The first-order valence-corrected chi connectivity index (χ1v) is 10.9. The van der Waals surface area contributed by atoms with Crippen LogP contribution in [0.5, 0.6) is 0 Å². The van der Waals surface area contributed by atoms with E-state index in [1.165, 1.54) is 0 Å². The van der Waals surface area contributed by atoms with Gasteiger partial charge in [0.25, 0.3) is 0 Å². The van der Waals surface area contributed by atoms with Gasteiger partial charge < -0.3 is 15.7 Å². The van der Waals surface area contributed by atoms with Gasteiger partial charge in [0.05, 0.1) is 5.57 Å². The number of allylic oxidation sites excluding steroid dienone is 12. The summed E-state index contributed by atoms with van der Waals surface area (Å²) in [5.74, 6) is -1.93. The van der Waals surface area contributed by atoms with Gasteiger partial charge in [-0.15, -0.1) is 0 Å². The summed E-state index contributed by atoms with van der Waals surface area (Å²) in [4.78, 5) is 25.1. The number of hydrogen-bond donors (Lipinski definition) is 3. The van der Waals surface area contributed by atoms with Crippen LogP contribution in [0.15, 0.2) is 107 Å². The Balaban J connectivity index is 3.20. The number of carboxylic acids is 1. The fourth-order valence-electron chi connectivity index (χ4n) is 3.47. The molecule has 1 atom stereocenters. The van der Waals surface area contributed by atoms with Crippen molar-refractivity contribution in [2.75, 3.05) is 6.54 Å². The summed E-state index contributed by atoms with van der Waals surface area (Å²) in [5.41, 5.74) is 3.59. The Kier molecular flexibility index (Phi) is 11.2. The van der Waals surface area contributed by atoms with Crippen LogP contribution >= 0.6 is 15.9 Å². The second kappa shape index (κ2) is 13.3. The molecule has 0 saturated carbocycles. The Hall–Kier alpha value is -3.12. The number of nitrogens with one attached hydrogen (secondary N) is 2. The summed E-state index contributed by atoms with van der Waals surface area (Å²) in [6.07, 6.45) is 14.5. The van der Waals surface area contributed by atoms with Gasteiger partial charge in [0.15, 0.2) is 0 Å². The molecule has 0 aromatic rings. The molecule has 0 radical (unpaired) electrons. The highest BCUT2D eigenvalue weighted by Crippen LogP contribution is 2.35. The first kappa shape index (κ1) is 26.9. The molecule has 1 aliphatic rings. The average Bonchev–Trinajstić information content (AvgIpc) is 2.69. The summed E-state index contributed by atoms with van der Waals surface area (Å²) in [7, 11) is 0. The summed E-state index contributed by atoms with van der Waals surface area (Å²) in [5, 5.41) is 15.8. The van der Waals surface area contributed by atoms with Crippen molar-refractivity contribution in [2.24, 2.45) is 5.92 Å². The second-order valence-corrected chi connectivity index (χ2v) is 8.18. The predicted molar refractivity (Wildman–Crippen MR) is 136 cm³/mol. The Morgan fingerprint density at radius 1 is 1.12 bits per heavy atom. The summed E-state index contributed by atoms with van der Waals surface area (Å²) in [6, 6.07) is 0. The number of hydrogen-bond acceptors (Lipinski definition) is 3. The minimum Gasteiger partial charge on any atom is -0.478 e. The van der Waals surface area contributed by atoms with E-state index in [-0.39, 0.29) is 18.0 Å². The van der Waals surface area contributed by atoms with Gasteiger partial charge in [-0.3, -0.25) is 4.79 Å². The third-order valence-electron chi connectivity index (χ3n) is 4.78. The minimum absolute atomic E-state index is 0.190. The first-order valence-electron chi connectivity index (χ1n) is 10.1. The maximum Gasteiger partial charge on any atom is 0.333 e. The highest BCUT2D eigenvalue weighted by Gasteiger charge is 2.35. The SMILES string of the molecule is C=C/C=C(Br)\C=C(/C)CC1C(C(=O)O)=C(C)NC(C)=C1C(=O)NC/C=C/C(C=C)=C/C=C. The molecule has 1 amide bonds. The van der Waals surface area contributed by atoms with Crippen molar-refractivity contribution in [3.05, 3.63) is 107 Å². The van der Waals surface area contributed by atoms with E-state index in [0.717, 1.165) is 15.6 Å². The molecule has 0 aliphatic carbocycles. The van der Waals surface area contributed by atoms with Crippen LogP contribution in [0.4, 0.5) is 0 Å². The number of carbonyl (C=O) groups excluding carboxylic acids is 1. The molecule has 1 rings (SSSR count). The van der Waals surface area contributed by atoms with Crippen molar-refractivity contribution < 1.29 is 14.7 Å². The standard InChI is InChI=1S/C26H31BrN2O3/c1-7-11-20(9-3)13-10-14-28-25(30)23-18(5)29-19(6)24(26(31)32)22(23)16-17(4)15-21(27)12-8-2/h7-13,15,22,29H,1-3,14,16H2,4-6H3,(H,28,30)(H,31,32)/b13-10+,17-15+,20-11+,21-12+. The molecule has 0 fully saturated rings. The number of carboxylic acid groups (broad SMARTS) is 1. The van der Waals surface area contributed by atoms with E-state index in [9.17, 15) is 14.7 Å². The Morgan fingerprint density at radius 2 is 1.75 bits per heavy atom. The van der Waals surface area contributed by atoms with E-state index in [4.69, 9.17) is 0 Å². The van der Waals surface area contributed by atoms with E-state index in [1.807, 2.05) is 19.1 Å². The zero-order valence-electron chi connectivity index (χ0n) is 18.9. The number of rotatable bonds is 11. The largest absolute Gasteiger partial charge is 0.478 e. The predicted octanol–water partition coefficient (Wildman–Crippen LogP) is 5.61. The molecule has 0 saturated heterocycles. The van der Waals surface area contributed by atoms with Crippen molar-refractivity contribution in [3.8, 4) is 0 Å². The maximum absolute atomic E-state index is 13.1. The van der Waals surface area contributed by atoms with Crippen LogP contribution < -0.4 is 10.6 Å². The third-order valence-corrected chi connectivity index (χ3v) is 5.27. The van der Waals surface area contributed by atoms with Crippen molar-refractivity contribution in [1.29, 1.82) is 0 Å². The molecule has 3 N–H and O–H groups in total. The molecule has 1 unspecified atom stereocenters. The van der Waals surface area contributed by atoms with Crippen LogP contribution in [0, 0.1) is 5.92 Å². The average molecular weight is 499 g/mol. The number of halogens is 1. The van der Waals surface area contributed by atoms with Gasteiger partial charge >= 0.3 is 5.97 Å². The van der Waals surface area contributed by atoms with Crippen molar-refractivity contribution >= 4 is 27.8 Å². The fourth-order valence-corrected chi connectivity index (χ4v) is 4.05. The molecule has 32 heavy (non-hydrogen) atoms. The van der Waals surface area contributed by atoms with Gasteiger partial charge in [-0.25, -0.2) is 4.79 Å². The van der Waals surface area contributed by atoms with E-state index in [0.29, 0.717) is 23.4 Å². The van der Waals surface area contributed by atoms with Gasteiger partial charge in [0, 0.05) is 33.9 Å². The van der Waals surface area contributed by atoms with Crippen LogP contribution in [-0.2, 0) is 9.59 Å². The number of amides is 1. The lowest BCUT2D eigenvalue weighted by Crippen LogP contribution is -2.37. The zero-order valence-corrected chi connectivity index (χ0v) is 20.5. The summed E-state index contributed by atoms with van der Waals surface area (Å²) in [6.45, 7) is 16.7. The van der Waals surface area contributed by atoms with Crippen molar-refractivity contribution in [1.82, 2.24) is 10.6 Å². The number of aliphatic carboxylic acids is 1. The second-order valence-electron chi connectivity index (χ2n) is 7.26. The van der Waals surface area contributed by atoms with Gasteiger partial charge in [-0.1, -0.05) is 77.7 Å². The van der Waals surface area contributed by atoms with Crippen LogP contribution in [0.25, 0.3) is 0 Å².